The zero-order valence-electron chi connectivity index (χ0n) is 10.5. The van der Waals surface area contributed by atoms with Gasteiger partial charge < -0.3 is 15.5 Å². The number of hydrogen-bond acceptors (Lipinski definition) is 3. The van der Waals surface area contributed by atoms with Crippen molar-refractivity contribution in [1.82, 2.24) is 5.32 Å². The number of benzene rings is 1. The third kappa shape index (κ3) is 3.49. The van der Waals surface area contributed by atoms with Gasteiger partial charge in [0, 0.05) is 0 Å². The maximum atomic E-state index is 13.4. The predicted molar refractivity (Wildman–Crippen MR) is 65.4 cm³/mol. The van der Waals surface area contributed by atoms with Gasteiger partial charge in [0.2, 0.25) is 0 Å². The lowest BCUT2D eigenvalue weighted by molar-refractivity contribution is 0.0139. The first-order valence-corrected chi connectivity index (χ1v) is 5.74. The molecule has 2 atom stereocenters. The summed E-state index contributed by atoms with van der Waals surface area (Å²) in [4.78, 5) is 0. The molecule has 3 nitrogen and oxygen atoms in total. The summed E-state index contributed by atoms with van der Waals surface area (Å²) in [5.41, 5.74) is 1.53. The van der Waals surface area contributed by atoms with Crippen LogP contribution in [0, 0.1) is 19.7 Å². The summed E-state index contributed by atoms with van der Waals surface area (Å²) >= 11 is 0. The molecule has 0 heterocycles. The predicted octanol–water partition coefficient (Wildman–Crippen LogP) is 1.45. The van der Waals surface area contributed by atoms with Crippen molar-refractivity contribution >= 4 is 0 Å². The van der Waals surface area contributed by atoms with E-state index in [1.54, 1.807) is 33.0 Å². The number of aliphatic hydroxyl groups is 2. The van der Waals surface area contributed by atoms with E-state index in [-0.39, 0.29) is 5.82 Å². The van der Waals surface area contributed by atoms with E-state index in [1.807, 2.05) is 0 Å². The number of nitrogens with one attached hydrogen (secondary N) is 1. The van der Waals surface area contributed by atoms with Crippen LogP contribution in [-0.4, -0.2) is 29.9 Å². The molecule has 1 aromatic rings. The Bertz CT molecular complexity index is 359. The Balaban J connectivity index is 2.85. The molecule has 96 valence electrons. The fourth-order valence-electron chi connectivity index (χ4n) is 1.82. The van der Waals surface area contributed by atoms with Gasteiger partial charge in [-0.25, -0.2) is 4.39 Å². The van der Waals surface area contributed by atoms with Crippen LogP contribution in [0.4, 0.5) is 4.39 Å². The second-order valence-electron chi connectivity index (χ2n) is 4.37. The number of hydrogen-bond donors (Lipinski definition) is 3. The van der Waals surface area contributed by atoms with Gasteiger partial charge in [-0.1, -0.05) is 12.1 Å². The third-order valence-electron chi connectivity index (χ3n) is 2.85. The van der Waals surface area contributed by atoms with Crippen molar-refractivity contribution in [3.8, 4) is 0 Å². The zero-order valence-corrected chi connectivity index (χ0v) is 10.5. The molecule has 0 saturated carbocycles. The minimum absolute atomic E-state index is 0.259. The third-order valence-corrected chi connectivity index (χ3v) is 2.85. The molecule has 0 aromatic heterocycles. The van der Waals surface area contributed by atoms with Crippen LogP contribution in [0.1, 0.15) is 29.2 Å². The molecule has 1 aromatic carbocycles. The highest BCUT2D eigenvalue weighted by Gasteiger charge is 2.19. The summed E-state index contributed by atoms with van der Waals surface area (Å²) < 4.78 is 13.4. The summed E-state index contributed by atoms with van der Waals surface area (Å²) in [6, 6.07) is 3.16. The molecule has 3 N–H and O–H groups in total. The van der Waals surface area contributed by atoms with Gasteiger partial charge in [-0.3, -0.25) is 0 Å². The minimum Gasteiger partial charge on any atom is -0.390 e. The monoisotopic (exact) mass is 241 g/mol. The Morgan fingerprint density at radius 2 is 1.76 bits per heavy atom. The van der Waals surface area contributed by atoms with Gasteiger partial charge in [-0.15, -0.1) is 0 Å². The molecular weight excluding hydrogens is 221 g/mol. The molecule has 0 fully saturated rings. The van der Waals surface area contributed by atoms with Crippen LogP contribution in [0.15, 0.2) is 12.1 Å². The molecule has 0 radical (unpaired) electrons. The van der Waals surface area contributed by atoms with E-state index in [4.69, 9.17) is 0 Å². The van der Waals surface area contributed by atoms with Crippen molar-refractivity contribution < 1.29 is 14.6 Å². The largest absolute Gasteiger partial charge is 0.390 e. The van der Waals surface area contributed by atoms with Crippen molar-refractivity contribution in [2.24, 2.45) is 0 Å². The lowest BCUT2D eigenvalue weighted by Gasteiger charge is -2.19. The molecule has 0 aliphatic carbocycles. The van der Waals surface area contributed by atoms with Crippen molar-refractivity contribution in [2.75, 3.05) is 13.6 Å². The summed E-state index contributed by atoms with van der Waals surface area (Å²) in [7, 11) is 1.78. The fourth-order valence-corrected chi connectivity index (χ4v) is 1.82. The van der Waals surface area contributed by atoms with Crippen LogP contribution < -0.4 is 5.32 Å². The normalized spacial score (nSPS) is 14.7. The standard InChI is InChI=1S/C13H20FNO2/c1-8-6-10(7-9(2)12(8)14)13(17)11(16)4-5-15-3/h6-7,11,13,15-17H,4-5H2,1-3H3. The van der Waals surface area contributed by atoms with Crippen LogP contribution in [0.3, 0.4) is 0 Å². The van der Waals surface area contributed by atoms with Crippen LogP contribution >= 0.6 is 0 Å². The molecule has 0 amide bonds. The van der Waals surface area contributed by atoms with Crippen LogP contribution in [-0.2, 0) is 0 Å². The smallest absolute Gasteiger partial charge is 0.129 e. The quantitative estimate of drug-likeness (QED) is 0.731. The second kappa shape index (κ2) is 6.10. The average Bonchev–Trinajstić information content (AvgIpc) is 2.31. The molecule has 0 aliphatic heterocycles. The highest BCUT2D eigenvalue weighted by molar-refractivity contribution is 5.32. The van der Waals surface area contributed by atoms with E-state index in [0.29, 0.717) is 29.7 Å². The summed E-state index contributed by atoms with van der Waals surface area (Å²) in [5.74, 6) is -0.259. The van der Waals surface area contributed by atoms with E-state index < -0.39 is 12.2 Å². The fraction of sp³-hybridized carbons (Fsp3) is 0.538. The maximum Gasteiger partial charge on any atom is 0.129 e. The summed E-state index contributed by atoms with van der Waals surface area (Å²) in [6.07, 6.45) is -1.36. The van der Waals surface area contributed by atoms with Gasteiger partial charge in [0.15, 0.2) is 0 Å². The van der Waals surface area contributed by atoms with Crippen LogP contribution in [0.25, 0.3) is 0 Å². The first kappa shape index (κ1) is 14.1. The van der Waals surface area contributed by atoms with Gasteiger partial charge in [0.25, 0.3) is 0 Å². The molecular formula is C13H20FNO2. The first-order valence-electron chi connectivity index (χ1n) is 5.74. The Kier molecular flexibility index (Phi) is 5.05. The Morgan fingerprint density at radius 3 is 2.24 bits per heavy atom. The van der Waals surface area contributed by atoms with Crippen LogP contribution in [0.2, 0.25) is 0 Å². The first-order chi connectivity index (χ1) is 7.97. The Labute approximate surface area is 101 Å². The van der Waals surface area contributed by atoms with Crippen molar-refractivity contribution in [2.45, 2.75) is 32.5 Å². The number of aliphatic hydroxyl groups excluding tert-OH is 2. The van der Waals surface area contributed by atoms with E-state index in [1.165, 1.54) is 0 Å². The van der Waals surface area contributed by atoms with E-state index in [0.717, 1.165) is 0 Å². The molecule has 1 rings (SSSR count). The van der Waals surface area contributed by atoms with E-state index >= 15 is 0 Å². The molecule has 0 bridgehead atoms. The lowest BCUT2D eigenvalue weighted by atomic mass is 9.98. The molecule has 0 spiro atoms. The topological polar surface area (TPSA) is 52.5 Å². The number of rotatable bonds is 5. The summed E-state index contributed by atoms with van der Waals surface area (Å²) in [6.45, 7) is 3.93. The van der Waals surface area contributed by atoms with E-state index in [2.05, 4.69) is 5.32 Å². The van der Waals surface area contributed by atoms with Gasteiger partial charge >= 0.3 is 0 Å². The highest BCUT2D eigenvalue weighted by atomic mass is 19.1. The van der Waals surface area contributed by atoms with Gasteiger partial charge in [0.05, 0.1) is 6.10 Å². The average molecular weight is 241 g/mol. The number of aryl methyl sites for hydroxylation is 2. The van der Waals surface area contributed by atoms with Gasteiger partial charge in [-0.2, -0.15) is 0 Å². The molecule has 0 saturated heterocycles. The lowest BCUT2D eigenvalue weighted by Crippen LogP contribution is -2.23. The zero-order chi connectivity index (χ0) is 13.0. The number of halogens is 1. The molecule has 4 heteroatoms. The van der Waals surface area contributed by atoms with Crippen LogP contribution in [0.5, 0.6) is 0 Å². The molecule has 0 aliphatic rings. The minimum atomic E-state index is -0.971. The molecule has 2 unspecified atom stereocenters. The van der Waals surface area contributed by atoms with Gasteiger partial charge in [0.1, 0.15) is 11.9 Å². The van der Waals surface area contributed by atoms with Crippen molar-refractivity contribution in [3.63, 3.8) is 0 Å². The maximum absolute atomic E-state index is 13.4. The van der Waals surface area contributed by atoms with E-state index in [9.17, 15) is 14.6 Å². The Morgan fingerprint density at radius 1 is 1.24 bits per heavy atom. The highest BCUT2D eigenvalue weighted by Crippen LogP contribution is 2.23. The Hall–Kier alpha value is -0.970. The van der Waals surface area contributed by atoms with Gasteiger partial charge in [-0.05, 0) is 50.6 Å². The summed E-state index contributed by atoms with van der Waals surface area (Å²) in [5, 5.41) is 22.6. The van der Waals surface area contributed by atoms with Crippen molar-refractivity contribution in [3.05, 3.63) is 34.6 Å². The van der Waals surface area contributed by atoms with Crippen molar-refractivity contribution in [1.29, 1.82) is 0 Å². The molecule has 17 heavy (non-hydrogen) atoms. The SMILES string of the molecule is CNCCC(O)C(O)c1cc(C)c(F)c(C)c1. The second-order valence-corrected chi connectivity index (χ2v) is 4.37.